The summed E-state index contributed by atoms with van der Waals surface area (Å²) in [6, 6.07) is 8.98. The molecule has 1 unspecified atom stereocenters. The lowest BCUT2D eigenvalue weighted by molar-refractivity contribution is 0.259. The largest absolute Gasteiger partial charge is 0.497 e. The van der Waals surface area contributed by atoms with Gasteiger partial charge in [0.25, 0.3) is 0 Å². The molecule has 1 saturated heterocycles. The van der Waals surface area contributed by atoms with Crippen LogP contribution in [0.25, 0.3) is 11.3 Å². The monoisotopic (exact) mass is 430 g/mol. The minimum Gasteiger partial charge on any atom is -0.497 e. The first-order chi connectivity index (χ1) is 14.5. The van der Waals surface area contributed by atoms with Crippen LogP contribution in [0.3, 0.4) is 0 Å². The summed E-state index contributed by atoms with van der Waals surface area (Å²) in [4.78, 5) is 0.214. The van der Waals surface area contributed by atoms with Gasteiger partial charge in [0.1, 0.15) is 16.3 Å². The predicted molar refractivity (Wildman–Crippen MR) is 111 cm³/mol. The SMILES string of the molecule is CCn1cc(S(=O)(=O)N2CCCCCC2c2cc(-c3ccc(OC)cc3)no2)cn1. The van der Waals surface area contributed by atoms with Gasteiger partial charge in [-0.05, 0) is 44.0 Å². The number of ether oxygens (including phenoxy) is 1. The van der Waals surface area contributed by atoms with Crippen LogP contribution in [-0.4, -0.2) is 41.3 Å². The minimum absolute atomic E-state index is 0.214. The number of methoxy groups -OCH3 is 1. The highest BCUT2D eigenvalue weighted by atomic mass is 32.2. The zero-order valence-corrected chi connectivity index (χ0v) is 18.0. The quantitative estimate of drug-likeness (QED) is 0.590. The number of hydrogen-bond acceptors (Lipinski definition) is 6. The van der Waals surface area contributed by atoms with Gasteiger partial charge in [0.05, 0.1) is 19.3 Å². The normalized spacial score (nSPS) is 18.3. The Morgan fingerprint density at radius 2 is 2.00 bits per heavy atom. The fraction of sp³-hybridized carbons (Fsp3) is 0.429. The van der Waals surface area contributed by atoms with Crippen LogP contribution in [0.2, 0.25) is 0 Å². The van der Waals surface area contributed by atoms with E-state index in [1.807, 2.05) is 37.3 Å². The smallest absolute Gasteiger partial charge is 0.246 e. The number of rotatable bonds is 6. The number of hydrogen-bond donors (Lipinski definition) is 0. The molecule has 4 rings (SSSR count). The molecule has 0 saturated carbocycles. The summed E-state index contributed by atoms with van der Waals surface area (Å²) >= 11 is 0. The first-order valence-electron chi connectivity index (χ1n) is 10.2. The molecular formula is C21H26N4O4S. The van der Waals surface area contributed by atoms with Crippen molar-refractivity contribution in [2.45, 2.75) is 50.1 Å². The van der Waals surface area contributed by atoms with Gasteiger partial charge in [-0.25, -0.2) is 8.42 Å². The van der Waals surface area contributed by atoms with Crippen LogP contribution in [0, 0.1) is 0 Å². The molecular weight excluding hydrogens is 404 g/mol. The van der Waals surface area contributed by atoms with E-state index in [0.717, 1.165) is 30.6 Å². The number of sulfonamides is 1. The molecule has 0 amide bonds. The summed E-state index contributed by atoms with van der Waals surface area (Å²) < 4.78 is 40.8. The van der Waals surface area contributed by atoms with Crippen molar-refractivity contribution in [1.29, 1.82) is 0 Å². The fourth-order valence-corrected chi connectivity index (χ4v) is 5.40. The maximum absolute atomic E-state index is 13.4. The predicted octanol–water partition coefficient (Wildman–Crippen LogP) is 3.87. The van der Waals surface area contributed by atoms with Gasteiger partial charge in [-0.1, -0.05) is 18.0 Å². The van der Waals surface area contributed by atoms with E-state index in [9.17, 15) is 8.42 Å². The summed E-state index contributed by atoms with van der Waals surface area (Å²) in [5, 5.41) is 8.34. The second kappa shape index (κ2) is 8.61. The molecule has 3 heterocycles. The summed E-state index contributed by atoms with van der Waals surface area (Å²) in [6.07, 6.45) is 6.43. The van der Waals surface area contributed by atoms with Crippen LogP contribution in [0.5, 0.6) is 5.75 Å². The third-order valence-corrected chi connectivity index (χ3v) is 7.35. The lowest BCUT2D eigenvalue weighted by Crippen LogP contribution is -2.34. The van der Waals surface area contributed by atoms with Crippen molar-refractivity contribution in [3.05, 3.63) is 48.5 Å². The van der Waals surface area contributed by atoms with Crippen LogP contribution in [0.1, 0.15) is 44.4 Å². The molecule has 1 aliphatic rings. The molecule has 0 radical (unpaired) electrons. The molecule has 160 valence electrons. The van der Waals surface area contributed by atoms with Gasteiger partial charge in [0, 0.05) is 30.9 Å². The van der Waals surface area contributed by atoms with E-state index in [-0.39, 0.29) is 10.9 Å². The fourth-order valence-electron chi connectivity index (χ4n) is 3.78. The van der Waals surface area contributed by atoms with Crippen LogP contribution in [0.4, 0.5) is 0 Å². The standard InChI is InChI=1S/C21H26N4O4S/c1-3-24-15-18(14-22-24)30(26,27)25-12-6-4-5-7-20(25)21-13-19(23-29-21)16-8-10-17(28-2)11-9-16/h8-11,13-15,20H,3-7,12H2,1-2H3. The lowest BCUT2D eigenvalue weighted by atomic mass is 10.1. The molecule has 0 bridgehead atoms. The highest BCUT2D eigenvalue weighted by Crippen LogP contribution is 2.36. The molecule has 3 aromatic rings. The molecule has 1 fully saturated rings. The van der Waals surface area contributed by atoms with Crippen molar-refractivity contribution in [3.8, 4) is 17.0 Å². The number of aryl methyl sites for hydroxylation is 1. The van der Waals surface area contributed by atoms with Gasteiger partial charge in [-0.2, -0.15) is 9.40 Å². The van der Waals surface area contributed by atoms with Crippen LogP contribution < -0.4 is 4.74 Å². The Morgan fingerprint density at radius 1 is 1.20 bits per heavy atom. The number of nitrogens with zero attached hydrogens (tertiary/aromatic N) is 4. The Morgan fingerprint density at radius 3 is 2.70 bits per heavy atom. The van der Waals surface area contributed by atoms with Crippen molar-refractivity contribution < 1.29 is 17.7 Å². The van der Waals surface area contributed by atoms with E-state index in [1.54, 1.807) is 22.3 Å². The van der Waals surface area contributed by atoms with E-state index < -0.39 is 10.0 Å². The van der Waals surface area contributed by atoms with Crippen molar-refractivity contribution in [2.75, 3.05) is 13.7 Å². The topological polar surface area (TPSA) is 90.5 Å². The van der Waals surface area contributed by atoms with Gasteiger partial charge in [-0.15, -0.1) is 0 Å². The zero-order valence-electron chi connectivity index (χ0n) is 17.2. The van der Waals surface area contributed by atoms with E-state index >= 15 is 0 Å². The Hall–Kier alpha value is -2.65. The molecule has 9 heteroatoms. The summed E-state index contributed by atoms with van der Waals surface area (Å²) in [5.74, 6) is 1.32. The van der Waals surface area contributed by atoms with Crippen molar-refractivity contribution in [1.82, 2.24) is 19.2 Å². The first-order valence-corrected chi connectivity index (χ1v) is 11.6. The molecule has 0 spiro atoms. The number of aromatic nitrogens is 3. The van der Waals surface area contributed by atoms with E-state index in [4.69, 9.17) is 9.26 Å². The van der Waals surface area contributed by atoms with Gasteiger partial charge in [-0.3, -0.25) is 4.68 Å². The Labute approximate surface area is 176 Å². The maximum atomic E-state index is 13.4. The number of benzene rings is 1. The van der Waals surface area contributed by atoms with E-state index in [2.05, 4.69) is 10.3 Å². The molecule has 1 atom stereocenters. The summed E-state index contributed by atoms with van der Waals surface area (Å²) in [5.41, 5.74) is 1.56. The summed E-state index contributed by atoms with van der Waals surface area (Å²) in [7, 11) is -2.07. The van der Waals surface area contributed by atoms with Gasteiger partial charge < -0.3 is 9.26 Å². The lowest BCUT2D eigenvalue weighted by Gasteiger charge is -2.26. The minimum atomic E-state index is -3.69. The van der Waals surface area contributed by atoms with Gasteiger partial charge >= 0.3 is 0 Å². The Bertz CT molecular complexity index is 1090. The summed E-state index contributed by atoms with van der Waals surface area (Å²) in [6.45, 7) is 2.99. The van der Waals surface area contributed by atoms with Crippen LogP contribution in [0.15, 0.2) is 52.1 Å². The van der Waals surface area contributed by atoms with Crippen molar-refractivity contribution in [2.24, 2.45) is 0 Å². The molecule has 2 aromatic heterocycles. The third-order valence-electron chi connectivity index (χ3n) is 5.49. The molecule has 1 aliphatic heterocycles. The molecule has 0 N–H and O–H groups in total. The zero-order chi connectivity index (χ0) is 21.1. The molecule has 1 aromatic carbocycles. The molecule has 8 nitrogen and oxygen atoms in total. The van der Waals surface area contributed by atoms with Crippen LogP contribution in [-0.2, 0) is 16.6 Å². The second-order valence-electron chi connectivity index (χ2n) is 7.36. The average molecular weight is 431 g/mol. The van der Waals surface area contributed by atoms with Crippen molar-refractivity contribution >= 4 is 10.0 Å². The van der Waals surface area contributed by atoms with Gasteiger partial charge in [0.15, 0.2) is 5.76 Å². The van der Waals surface area contributed by atoms with Gasteiger partial charge in [0.2, 0.25) is 10.0 Å². The highest BCUT2D eigenvalue weighted by molar-refractivity contribution is 7.89. The maximum Gasteiger partial charge on any atom is 0.246 e. The second-order valence-corrected chi connectivity index (χ2v) is 9.25. The molecule has 0 aliphatic carbocycles. The van der Waals surface area contributed by atoms with E-state index in [0.29, 0.717) is 31.0 Å². The Balaban J connectivity index is 1.66. The third kappa shape index (κ3) is 3.99. The highest BCUT2D eigenvalue weighted by Gasteiger charge is 2.36. The average Bonchev–Trinajstić information content (AvgIpc) is 3.39. The molecule has 30 heavy (non-hydrogen) atoms. The first kappa shape index (κ1) is 20.6. The van der Waals surface area contributed by atoms with Crippen LogP contribution >= 0.6 is 0 Å². The van der Waals surface area contributed by atoms with E-state index in [1.165, 1.54) is 6.20 Å². The Kier molecular flexibility index (Phi) is 5.92. The van der Waals surface area contributed by atoms with Crippen molar-refractivity contribution in [3.63, 3.8) is 0 Å².